The fraction of sp³-hybridized carbons (Fsp3) is 0.440. The quantitative estimate of drug-likeness (QED) is 0.382. The van der Waals surface area contributed by atoms with E-state index in [2.05, 4.69) is 27.9 Å². The molecule has 0 saturated carbocycles. The molecule has 2 amide bonds. The van der Waals surface area contributed by atoms with Gasteiger partial charge in [-0.05, 0) is 48.0 Å². The largest absolute Gasteiger partial charge is 0.445 e. The molecule has 0 bridgehead atoms. The number of nitrogens with one attached hydrogen (secondary N) is 1. The van der Waals surface area contributed by atoms with Crippen LogP contribution in [0.2, 0.25) is 0 Å². The zero-order valence-corrected chi connectivity index (χ0v) is 23.3. The molecule has 0 aliphatic carbocycles. The number of nitrogens with zero attached hydrogens (tertiary/aromatic N) is 2. The number of hydrogen-bond donors (Lipinski definition) is 1. The fourth-order valence-electron chi connectivity index (χ4n) is 4.40. The lowest BCUT2D eigenvalue weighted by atomic mass is 10.0. The van der Waals surface area contributed by atoms with E-state index in [-0.39, 0.29) is 35.2 Å². The maximum absolute atomic E-state index is 14.4. The van der Waals surface area contributed by atoms with E-state index in [0.717, 1.165) is 17.9 Å². The van der Waals surface area contributed by atoms with Crippen LogP contribution >= 0.6 is 22.6 Å². The molecular formula is C25H31FIN3O5S. The molecule has 0 spiro atoms. The average molecular weight is 632 g/mol. The molecule has 196 valence electrons. The summed E-state index contributed by atoms with van der Waals surface area (Å²) in [7, 11) is -3.51. The van der Waals surface area contributed by atoms with E-state index in [4.69, 9.17) is 4.74 Å². The number of piperidine rings is 1. The Labute approximate surface area is 225 Å². The van der Waals surface area contributed by atoms with Gasteiger partial charge in [-0.25, -0.2) is 17.6 Å². The number of hydrogen-bond acceptors (Lipinski definition) is 6. The van der Waals surface area contributed by atoms with Crippen LogP contribution in [0.4, 0.5) is 14.9 Å². The molecule has 2 aliphatic rings. The van der Waals surface area contributed by atoms with E-state index in [1.165, 1.54) is 12.1 Å². The number of amides is 2. The van der Waals surface area contributed by atoms with Gasteiger partial charge in [0.15, 0.2) is 9.84 Å². The van der Waals surface area contributed by atoms with E-state index in [1.807, 2.05) is 35.3 Å². The first-order chi connectivity index (χ1) is 17.2. The molecule has 1 unspecified atom stereocenters. The van der Waals surface area contributed by atoms with Crippen LogP contribution in [0.5, 0.6) is 0 Å². The van der Waals surface area contributed by atoms with E-state index >= 15 is 0 Å². The number of sulfone groups is 1. The van der Waals surface area contributed by atoms with Crippen LogP contribution in [0.15, 0.2) is 53.4 Å². The molecule has 11 heteroatoms. The monoisotopic (exact) mass is 631 g/mol. The average Bonchev–Trinajstić information content (AvgIpc) is 3.25. The smallest absolute Gasteiger partial charge is 0.410 e. The standard InChI is InChI=1S/C24H28FN3O5S.CH3I/c1-34(31,32)19-7-8-21(20(25)15-19)26-22-11-14-28(23(22)29)18-9-12-27(13-10-18)24(30)33-16-17-5-3-2-4-6-17;1-2/h2-8,15,18,22,26H,9-14,16H2,1H3;1H3. The van der Waals surface area contributed by atoms with Crippen LogP contribution in [0, 0.1) is 5.82 Å². The summed E-state index contributed by atoms with van der Waals surface area (Å²) in [5.41, 5.74) is 1.03. The second-order valence-electron chi connectivity index (χ2n) is 8.69. The fourth-order valence-corrected chi connectivity index (χ4v) is 5.03. The molecule has 1 atom stereocenters. The lowest BCUT2D eigenvalue weighted by Gasteiger charge is -2.36. The Morgan fingerprint density at radius 3 is 2.36 bits per heavy atom. The van der Waals surface area contributed by atoms with Gasteiger partial charge in [0, 0.05) is 31.9 Å². The van der Waals surface area contributed by atoms with Gasteiger partial charge in [-0.1, -0.05) is 52.9 Å². The molecule has 2 aliphatic heterocycles. The molecule has 0 aromatic heterocycles. The van der Waals surface area contributed by atoms with Gasteiger partial charge in [0.05, 0.1) is 10.6 Å². The van der Waals surface area contributed by atoms with Gasteiger partial charge in [0.2, 0.25) is 5.91 Å². The number of carbonyl (C=O) groups excluding carboxylic acids is 2. The van der Waals surface area contributed by atoms with Gasteiger partial charge >= 0.3 is 6.09 Å². The van der Waals surface area contributed by atoms with Gasteiger partial charge in [-0.3, -0.25) is 4.79 Å². The van der Waals surface area contributed by atoms with E-state index in [9.17, 15) is 22.4 Å². The number of ether oxygens (including phenoxy) is 1. The highest BCUT2D eigenvalue weighted by atomic mass is 127. The Kier molecular flexibility index (Phi) is 9.94. The van der Waals surface area contributed by atoms with Gasteiger partial charge in [-0.2, -0.15) is 0 Å². The number of rotatable bonds is 6. The van der Waals surface area contributed by atoms with Crippen molar-refractivity contribution < 1.29 is 27.1 Å². The predicted octanol–water partition coefficient (Wildman–Crippen LogP) is 4.09. The topological polar surface area (TPSA) is 96.0 Å². The lowest BCUT2D eigenvalue weighted by molar-refractivity contribution is -0.131. The van der Waals surface area contributed by atoms with Crippen LogP contribution in [-0.4, -0.2) is 73.1 Å². The first-order valence-electron chi connectivity index (χ1n) is 11.6. The van der Waals surface area contributed by atoms with Crippen LogP contribution in [-0.2, 0) is 26.0 Å². The van der Waals surface area contributed by atoms with Crippen molar-refractivity contribution in [1.82, 2.24) is 9.80 Å². The molecule has 1 N–H and O–H groups in total. The predicted molar refractivity (Wildman–Crippen MR) is 144 cm³/mol. The maximum atomic E-state index is 14.4. The number of alkyl halides is 1. The third-order valence-electron chi connectivity index (χ3n) is 6.31. The van der Waals surface area contributed by atoms with Crippen molar-refractivity contribution in [2.75, 3.05) is 36.1 Å². The highest BCUT2D eigenvalue weighted by molar-refractivity contribution is 14.1. The third kappa shape index (κ3) is 7.09. The summed E-state index contributed by atoms with van der Waals surface area (Å²) >= 11 is 2.15. The van der Waals surface area contributed by atoms with Gasteiger partial charge in [-0.15, -0.1) is 0 Å². The zero-order valence-electron chi connectivity index (χ0n) is 20.3. The third-order valence-corrected chi connectivity index (χ3v) is 7.42. The van der Waals surface area contributed by atoms with Crippen molar-refractivity contribution in [3.63, 3.8) is 0 Å². The number of anilines is 1. The zero-order chi connectivity index (χ0) is 26.3. The van der Waals surface area contributed by atoms with E-state index in [1.54, 1.807) is 9.80 Å². The van der Waals surface area contributed by atoms with Crippen molar-refractivity contribution >= 4 is 50.1 Å². The summed E-state index contributed by atoms with van der Waals surface area (Å²) in [5.74, 6) is -0.826. The number of likely N-dealkylation sites (tertiary alicyclic amines) is 2. The molecule has 0 radical (unpaired) electrons. The molecule has 2 fully saturated rings. The van der Waals surface area contributed by atoms with Crippen molar-refractivity contribution in [2.24, 2.45) is 0 Å². The van der Waals surface area contributed by atoms with Crippen molar-refractivity contribution in [3.05, 3.63) is 59.9 Å². The summed E-state index contributed by atoms with van der Waals surface area (Å²) in [6, 6.07) is 12.5. The molecular weight excluding hydrogens is 600 g/mol. The van der Waals surface area contributed by atoms with E-state index in [0.29, 0.717) is 38.9 Å². The Morgan fingerprint density at radius 2 is 1.75 bits per heavy atom. The molecule has 2 saturated heterocycles. The Bertz CT molecular complexity index is 1160. The molecule has 36 heavy (non-hydrogen) atoms. The van der Waals surface area contributed by atoms with Crippen molar-refractivity contribution in [1.29, 1.82) is 0 Å². The van der Waals surface area contributed by atoms with Crippen molar-refractivity contribution in [3.8, 4) is 0 Å². The summed E-state index contributed by atoms with van der Waals surface area (Å²) in [4.78, 5) is 30.7. The first-order valence-corrected chi connectivity index (χ1v) is 15.7. The molecule has 2 aromatic rings. The van der Waals surface area contributed by atoms with Crippen LogP contribution in [0.25, 0.3) is 0 Å². The molecule has 4 rings (SSSR count). The summed E-state index contributed by atoms with van der Waals surface area (Å²) in [5, 5.41) is 2.92. The number of carbonyl (C=O) groups is 2. The second-order valence-corrected chi connectivity index (χ2v) is 10.7. The molecule has 8 nitrogen and oxygen atoms in total. The summed E-state index contributed by atoms with van der Waals surface area (Å²) in [6.07, 6.45) is 2.47. The Balaban J connectivity index is 0.00000176. The molecule has 2 aromatic carbocycles. The normalized spacial score (nSPS) is 18.4. The summed E-state index contributed by atoms with van der Waals surface area (Å²) < 4.78 is 43.0. The van der Waals surface area contributed by atoms with Crippen molar-refractivity contribution in [2.45, 2.75) is 42.8 Å². The number of benzene rings is 2. The van der Waals surface area contributed by atoms with Crippen LogP contribution in [0.1, 0.15) is 24.8 Å². The van der Waals surface area contributed by atoms with Gasteiger partial charge in [0.25, 0.3) is 0 Å². The maximum Gasteiger partial charge on any atom is 0.410 e. The SMILES string of the molecule is CI.CS(=O)(=O)c1ccc(NC2CCN(C3CCN(C(=O)OCc4ccccc4)CC3)C2=O)c(F)c1. The minimum absolute atomic E-state index is 0.00920. The minimum Gasteiger partial charge on any atom is -0.445 e. The highest BCUT2D eigenvalue weighted by Crippen LogP contribution is 2.26. The first kappa shape index (κ1) is 28.2. The Hall–Kier alpha value is -2.41. The van der Waals surface area contributed by atoms with Crippen LogP contribution in [0.3, 0.4) is 0 Å². The summed E-state index contributed by atoms with van der Waals surface area (Å²) in [6.45, 7) is 1.77. The Morgan fingerprint density at radius 1 is 1.08 bits per heavy atom. The van der Waals surface area contributed by atoms with Gasteiger partial charge < -0.3 is 19.9 Å². The van der Waals surface area contributed by atoms with E-state index < -0.39 is 21.7 Å². The highest BCUT2D eigenvalue weighted by Gasteiger charge is 2.38. The lowest BCUT2D eigenvalue weighted by Crippen LogP contribution is -2.48. The number of halogens is 2. The minimum atomic E-state index is -3.51. The second kappa shape index (κ2) is 12.7. The van der Waals surface area contributed by atoms with Gasteiger partial charge in [0.1, 0.15) is 18.5 Å². The molecule has 2 heterocycles. The van der Waals surface area contributed by atoms with Crippen LogP contribution < -0.4 is 5.32 Å².